The molecule has 1 aromatic carbocycles. The van der Waals surface area contributed by atoms with Gasteiger partial charge in [0.2, 0.25) is 10.0 Å². The SMILES string of the molecule is COC[C@@H](C)NC(=S)NC(=O)c1cc(S(=O)(=O)N2CCOCC2)ccc1C. The number of sulfonamides is 1. The molecule has 1 aliphatic heterocycles. The Bertz CT molecular complexity index is 792. The molecule has 2 N–H and O–H groups in total. The van der Waals surface area contributed by atoms with E-state index in [1.165, 1.54) is 16.4 Å². The third-order valence-electron chi connectivity index (χ3n) is 4.08. The predicted octanol–water partition coefficient (Wildman–Crippen LogP) is 0.655. The summed E-state index contributed by atoms with van der Waals surface area (Å²) in [4.78, 5) is 12.6. The van der Waals surface area contributed by atoms with E-state index >= 15 is 0 Å². The van der Waals surface area contributed by atoms with Crippen LogP contribution in [0, 0.1) is 6.92 Å². The van der Waals surface area contributed by atoms with Crippen LogP contribution in [-0.2, 0) is 19.5 Å². The van der Waals surface area contributed by atoms with Crippen LogP contribution in [0.5, 0.6) is 0 Å². The highest BCUT2D eigenvalue weighted by atomic mass is 32.2. The molecule has 0 spiro atoms. The van der Waals surface area contributed by atoms with Gasteiger partial charge in [0.05, 0.1) is 24.7 Å². The summed E-state index contributed by atoms with van der Waals surface area (Å²) in [5, 5.41) is 5.67. The number of morpholine rings is 1. The van der Waals surface area contributed by atoms with Crippen molar-refractivity contribution >= 4 is 33.3 Å². The Morgan fingerprint density at radius 3 is 2.67 bits per heavy atom. The van der Waals surface area contributed by atoms with Gasteiger partial charge < -0.3 is 14.8 Å². The molecule has 0 bridgehead atoms. The number of carbonyl (C=O) groups is 1. The van der Waals surface area contributed by atoms with Crippen LogP contribution in [0.4, 0.5) is 0 Å². The number of thiocarbonyl (C=S) groups is 1. The second-order valence-corrected chi connectivity index (χ2v) is 8.62. The minimum atomic E-state index is -3.68. The highest BCUT2D eigenvalue weighted by molar-refractivity contribution is 7.89. The number of rotatable bonds is 6. The number of amides is 1. The minimum Gasteiger partial charge on any atom is -0.383 e. The van der Waals surface area contributed by atoms with Crippen molar-refractivity contribution in [2.75, 3.05) is 40.0 Å². The lowest BCUT2D eigenvalue weighted by atomic mass is 10.1. The highest BCUT2D eigenvalue weighted by Crippen LogP contribution is 2.20. The topological polar surface area (TPSA) is 97.0 Å². The average molecular weight is 416 g/mol. The summed E-state index contributed by atoms with van der Waals surface area (Å²) in [7, 11) is -2.11. The highest BCUT2D eigenvalue weighted by Gasteiger charge is 2.27. The van der Waals surface area contributed by atoms with E-state index in [-0.39, 0.29) is 21.6 Å². The van der Waals surface area contributed by atoms with Crippen molar-refractivity contribution in [1.82, 2.24) is 14.9 Å². The second kappa shape index (κ2) is 9.56. The summed E-state index contributed by atoms with van der Waals surface area (Å²) in [5.41, 5.74) is 0.911. The fraction of sp³-hybridized carbons (Fsp3) is 0.529. The largest absolute Gasteiger partial charge is 0.383 e. The number of nitrogens with zero attached hydrogens (tertiary/aromatic N) is 1. The molecule has 8 nitrogen and oxygen atoms in total. The summed E-state index contributed by atoms with van der Waals surface area (Å²) in [6, 6.07) is 4.44. The van der Waals surface area contributed by atoms with Gasteiger partial charge in [-0.15, -0.1) is 0 Å². The van der Waals surface area contributed by atoms with E-state index in [4.69, 9.17) is 21.7 Å². The molecule has 2 rings (SSSR count). The number of hydrogen-bond acceptors (Lipinski definition) is 6. The molecule has 150 valence electrons. The Balaban J connectivity index is 2.16. The molecule has 0 aromatic heterocycles. The van der Waals surface area contributed by atoms with Gasteiger partial charge in [-0.3, -0.25) is 10.1 Å². The first-order valence-electron chi connectivity index (χ1n) is 8.55. The molecular formula is C17H25N3O5S2. The third-order valence-corrected chi connectivity index (χ3v) is 6.20. The summed E-state index contributed by atoms with van der Waals surface area (Å²) in [5.74, 6) is -0.464. The molecule has 1 amide bonds. The standard InChI is InChI=1S/C17H25N3O5S2/c1-12-4-5-14(27(22,23)20-6-8-25-9-7-20)10-15(12)16(21)19-17(26)18-13(2)11-24-3/h4-5,10,13H,6-9,11H2,1-3H3,(H2,18,19,21,26)/t13-/m1/s1. The van der Waals surface area contributed by atoms with Crippen LogP contribution in [0.2, 0.25) is 0 Å². The van der Waals surface area contributed by atoms with Gasteiger partial charge in [-0.25, -0.2) is 8.42 Å². The van der Waals surface area contributed by atoms with Gasteiger partial charge in [-0.05, 0) is 43.8 Å². The first-order valence-corrected chi connectivity index (χ1v) is 10.4. The minimum absolute atomic E-state index is 0.0723. The molecule has 1 aromatic rings. The maximum absolute atomic E-state index is 12.8. The van der Waals surface area contributed by atoms with E-state index in [0.29, 0.717) is 38.5 Å². The maximum Gasteiger partial charge on any atom is 0.257 e. The monoisotopic (exact) mass is 415 g/mol. The number of carbonyl (C=O) groups excluding carboxylic acids is 1. The smallest absolute Gasteiger partial charge is 0.257 e. The number of benzene rings is 1. The van der Waals surface area contributed by atoms with Crippen molar-refractivity contribution in [1.29, 1.82) is 0 Å². The molecule has 0 unspecified atom stereocenters. The zero-order valence-corrected chi connectivity index (χ0v) is 17.3. The van der Waals surface area contributed by atoms with Gasteiger partial charge in [0.15, 0.2) is 5.11 Å². The van der Waals surface area contributed by atoms with Crippen molar-refractivity contribution in [2.24, 2.45) is 0 Å². The second-order valence-electron chi connectivity index (χ2n) is 6.28. The lowest BCUT2D eigenvalue weighted by Crippen LogP contribution is -2.45. The molecule has 27 heavy (non-hydrogen) atoms. The fourth-order valence-electron chi connectivity index (χ4n) is 2.66. The van der Waals surface area contributed by atoms with Crippen molar-refractivity contribution in [3.05, 3.63) is 29.3 Å². The number of aryl methyl sites for hydroxylation is 1. The summed E-state index contributed by atoms with van der Waals surface area (Å²) < 4.78 is 37.2. The number of methoxy groups -OCH3 is 1. The van der Waals surface area contributed by atoms with Crippen molar-refractivity contribution in [3.8, 4) is 0 Å². The van der Waals surface area contributed by atoms with E-state index < -0.39 is 15.9 Å². The van der Waals surface area contributed by atoms with Crippen molar-refractivity contribution in [2.45, 2.75) is 24.8 Å². The number of ether oxygens (including phenoxy) is 2. The van der Waals surface area contributed by atoms with Gasteiger partial charge in [-0.2, -0.15) is 4.31 Å². The number of hydrogen-bond donors (Lipinski definition) is 2. The van der Waals surface area contributed by atoms with E-state index in [2.05, 4.69) is 10.6 Å². The van der Waals surface area contributed by atoms with Crippen LogP contribution in [0.25, 0.3) is 0 Å². The van der Waals surface area contributed by atoms with Gasteiger partial charge in [0.1, 0.15) is 0 Å². The molecule has 0 radical (unpaired) electrons. The lowest BCUT2D eigenvalue weighted by Gasteiger charge is -2.26. The quantitative estimate of drug-likeness (QED) is 0.659. The van der Waals surface area contributed by atoms with E-state index in [1.54, 1.807) is 20.1 Å². The normalized spacial score (nSPS) is 16.6. The molecule has 0 aliphatic carbocycles. The van der Waals surface area contributed by atoms with Crippen LogP contribution in [0.3, 0.4) is 0 Å². The van der Waals surface area contributed by atoms with E-state index in [1.807, 2.05) is 6.92 Å². The van der Waals surface area contributed by atoms with E-state index in [9.17, 15) is 13.2 Å². The zero-order valence-electron chi connectivity index (χ0n) is 15.6. The van der Waals surface area contributed by atoms with Crippen LogP contribution in [0.15, 0.2) is 23.1 Å². The van der Waals surface area contributed by atoms with Crippen LogP contribution < -0.4 is 10.6 Å². The van der Waals surface area contributed by atoms with Gasteiger partial charge >= 0.3 is 0 Å². The van der Waals surface area contributed by atoms with Crippen LogP contribution in [-0.4, -0.2) is 69.8 Å². The molecule has 0 saturated carbocycles. The first kappa shape index (κ1) is 21.7. The van der Waals surface area contributed by atoms with Crippen molar-refractivity contribution < 1.29 is 22.7 Å². The summed E-state index contributed by atoms with van der Waals surface area (Å²) in [6.07, 6.45) is 0. The molecule has 1 fully saturated rings. The Hall–Kier alpha value is -1.59. The average Bonchev–Trinajstić information content (AvgIpc) is 2.62. The first-order chi connectivity index (χ1) is 12.8. The lowest BCUT2D eigenvalue weighted by molar-refractivity contribution is 0.0730. The van der Waals surface area contributed by atoms with Crippen LogP contribution in [0.1, 0.15) is 22.8 Å². The van der Waals surface area contributed by atoms with Gasteiger partial charge in [0.25, 0.3) is 5.91 Å². The van der Waals surface area contributed by atoms with Gasteiger partial charge in [-0.1, -0.05) is 6.07 Å². The Kier molecular flexibility index (Phi) is 7.68. The molecule has 1 aliphatic rings. The Morgan fingerprint density at radius 2 is 2.04 bits per heavy atom. The fourth-order valence-corrected chi connectivity index (χ4v) is 4.39. The van der Waals surface area contributed by atoms with E-state index in [0.717, 1.165) is 0 Å². The van der Waals surface area contributed by atoms with Crippen LogP contribution >= 0.6 is 12.2 Å². The third kappa shape index (κ3) is 5.69. The summed E-state index contributed by atoms with van der Waals surface area (Å²) in [6.45, 7) is 5.34. The molecule has 10 heteroatoms. The summed E-state index contributed by atoms with van der Waals surface area (Å²) >= 11 is 5.13. The molecule has 1 atom stereocenters. The van der Waals surface area contributed by atoms with Crippen molar-refractivity contribution in [3.63, 3.8) is 0 Å². The van der Waals surface area contributed by atoms with Gasteiger partial charge in [0, 0.05) is 31.8 Å². The molecule has 1 saturated heterocycles. The predicted molar refractivity (Wildman–Crippen MR) is 105 cm³/mol. The Morgan fingerprint density at radius 1 is 1.37 bits per heavy atom. The number of nitrogens with one attached hydrogen (secondary N) is 2. The molecule has 1 heterocycles. The Labute approximate surface area is 165 Å². The maximum atomic E-state index is 12.8. The molecular weight excluding hydrogens is 390 g/mol. The zero-order chi connectivity index (χ0) is 20.0.